The van der Waals surface area contributed by atoms with Gasteiger partial charge in [0.2, 0.25) is 0 Å². The minimum atomic E-state index is -4.61. The van der Waals surface area contributed by atoms with Gasteiger partial charge in [0.05, 0.1) is 19.8 Å². The minimum Gasteiger partial charge on any atom is -0.480 e. The summed E-state index contributed by atoms with van der Waals surface area (Å²) < 4.78 is 33.2. The summed E-state index contributed by atoms with van der Waals surface area (Å²) in [4.78, 5) is 33.4. The lowest BCUT2D eigenvalue weighted by Crippen LogP contribution is -2.34. The number of phosphoric acid groups is 1. The Bertz CT molecular complexity index is 883. The smallest absolute Gasteiger partial charge is 0.472 e. The van der Waals surface area contributed by atoms with Crippen LogP contribution in [0.2, 0.25) is 0 Å². The van der Waals surface area contributed by atoms with Gasteiger partial charge in [0.1, 0.15) is 12.1 Å². The van der Waals surface area contributed by atoms with Gasteiger partial charge in [0, 0.05) is 13.0 Å². The van der Waals surface area contributed by atoms with Gasteiger partial charge >= 0.3 is 19.8 Å². The van der Waals surface area contributed by atoms with Crippen molar-refractivity contribution in [2.45, 2.75) is 180 Å². The van der Waals surface area contributed by atoms with Gasteiger partial charge < -0.3 is 25.2 Å². The van der Waals surface area contributed by atoms with E-state index in [0.717, 1.165) is 57.8 Å². The second-order valence-corrected chi connectivity index (χ2v) is 14.5. The summed E-state index contributed by atoms with van der Waals surface area (Å²) in [7, 11) is -4.61. The average molecular weight is 718 g/mol. The highest BCUT2D eigenvalue weighted by molar-refractivity contribution is 7.47. The van der Waals surface area contributed by atoms with Crippen LogP contribution in [0.1, 0.15) is 168 Å². The first kappa shape index (κ1) is 47.4. The molecule has 0 aromatic rings. The summed E-state index contributed by atoms with van der Waals surface area (Å²) in [6, 6.07) is -1.47. The summed E-state index contributed by atoms with van der Waals surface area (Å²) in [6.07, 6.45) is 35.1. The largest absolute Gasteiger partial charge is 0.480 e. The lowest BCUT2D eigenvalue weighted by Gasteiger charge is -2.20. The second kappa shape index (κ2) is 34.9. The normalized spacial score (nSPS) is 14.4. The Labute approximate surface area is 298 Å². The van der Waals surface area contributed by atoms with Crippen molar-refractivity contribution >= 4 is 19.8 Å². The van der Waals surface area contributed by atoms with E-state index >= 15 is 0 Å². The zero-order valence-electron chi connectivity index (χ0n) is 31.0. The number of esters is 1. The first-order valence-electron chi connectivity index (χ1n) is 19.4. The molecule has 4 N–H and O–H groups in total. The summed E-state index contributed by atoms with van der Waals surface area (Å²) in [6.45, 7) is 3.82. The molecule has 3 atom stereocenters. The molecule has 3 unspecified atom stereocenters. The van der Waals surface area contributed by atoms with Crippen molar-refractivity contribution in [2.24, 2.45) is 5.73 Å². The number of carboxylic acids is 1. The van der Waals surface area contributed by atoms with Crippen molar-refractivity contribution in [1.29, 1.82) is 0 Å². The Morgan fingerprint density at radius 1 is 0.633 bits per heavy atom. The lowest BCUT2D eigenvalue weighted by molar-refractivity contribution is -0.154. The highest BCUT2D eigenvalue weighted by atomic mass is 31.2. The Morgan fingerprint density at radius 2 is 1.06 bits per heavy atom. The number of nitrogens with two attached hydrogens (primary N) is 1. The molecule has 0 saturated heterocycles. The summed E-state index contributed by atoms with van der Waals surface area (Å²) in [5.74, 6) is -1.79. The maximum absolute atomic E-state index is 12.6. The third-order valence-corrected chi connectivity index (χ3v) is 9.15. The van der Waals surface area contributed by atoms with Crippen LogP contribution in [0, 0.1) is 0 Å². The third-order valence-electron chi connectivity index (χ3n) is 8.20. The van der Waals surface area contributed by atoms with Crippen LogP contribution in [-0.2, 0) is 32.7 Å². The predicted octanol–water partition coefficient (Wildman–Crippen LogP) is 9.97. The Balaban J connectivity index is 4.32. The first-order chi connectivity index (χ1) is 23.7. The zero-order valence-corrected chi connectivity index (χ0v) is 31.9. The molecule has 0 aliphatic rings. The van der Waals surface area contributed by atoms with E-state index in [1.165, 1.54) is 83.5 Å². The van der Waals surface area contributed by atoms with Crippen molar-refractivity contribution in [3.63, 3.8) is 0 Å². The molecule has 0 fully saturated rings. The fourth-order valence-corrected chi connectivity index (χ4v) is 5.90. The number of carbonyl (C=O) groups is 2. The van der Waals surface area contributed by atoms with Crippen molar-refractivity contribution in [3.05, 3.63) is 24.3 Å². The quantitative estimate of drug-likeness (QED) is 0.0245. The number of hydrogen-bond acceptors (Lipinski definition) is 8. The van der Waals surface area contributed by atoms with E-state index in [4.69, 9.17) is 24.8 Å². The van der Waals surface area contributed by atoms with Gasteiger partial charge in [-0.05, 0) is 64.2 Å². The van der Waals surface area contributed by atoms with Crippen molar-refractivity contribution < 1.29 is 42.7 Å². The van der Waals surface area contributed by atoms with Gasteiger partial charge in [-0.1, -0.05) is 122 Å². The fraction of sp³-hybridized carbons (Fsp3) is 0.842. The number of carbonyl (C=O) groups excluding carboxylic acids is 1. The number of carboxylic acid groups (broad SMARTS) is 1. The molecule has 0 aliphatic carbocycles. The molecule has 0 radical (unpaired) electrons. The molecule has 49 heavy (non-hydrogen) atoms. The number of ether oxygens (including phenoxy) is 2. The minimum absolute atomic E-state index is 0.0111. The Morgan fingerprint density at radius 3 is 1.59 bits per heavy atom. The highest BCUT2D eigenvalue weighted by Crippen LogP contribution is 2.43. The van der Waals surface area contributed by atoms with E-state index in [-0.39, 0.29) is 13.0 Å². The summed E-state index contributed by atoms with van der Waals surface area (Å²) in [5, 5.41) is 8.86. The van der Waals surface area contributed by atoms with Gasteiger partial charge in [-0.2, -0.15) is 0 Å². The third kappa shape index (κ3) is 34.7. The molecule has 10 nitrogen and oxygen atoms in total. The van der Waals surface area contributed by atoms with Crippen molar-refractivity contribution in [1.82, 2.24) is 0 Å². The molecule has 0 aliphatic heterocycles. The molecule has 0 aromatic heterocycles. The van der Waals surface area contributed by atoms with Crippen LogP contribution in [0.5, 0.6) is 0 Å². The number of phosphoric ester groups is 1. The average Bonchev–Trinajstić information content (AvgIpc) is 3.07. The zero-order chi connectivity index (χ0) is 36.3. The van der Waals surface area contributed by atoms with Crippen molar-refractivity contribution in [3.8, 4) is 0 Å². The van der Waals surface area contributed by atoms with E-state index in [1.54, 1.807) is 0 Å². The molecule has 288 valence electrons. The number of rotatable bonds is 37. The standard InChI is InChI=1S/C38H72NO9P/c1-3-5-7-9-11-13-15-17-18-20-22-24-26-28-30-37(40)48-35(33-46-49(43,44)47-34-36(39)38(41)42)32-45-31-29-27-25-23-21-19-16-14-12-10-8-6-4-2/h12,14-15,17,35-36H,3-11,13,16,18-34,39H2,1-2H3,(H,41,42)(H,43,44)/b14-12-,17-15-. The molecular weight excluding hydrogens is 645 g/mol. The van der Waals surface area contributed by atoms with Crippen LogP contribution in [-0.4, -0.2) is 60.5 Å². The summed E-state index contributed by atoms with van der Waals surface area (Å²) in [5.41, 5.74) is 5.33. The van der Waals surface area contributed by atoms with E-state index in [0.29, 0.717) is 13.0 Å². The van der Waals surface area contributed by atoms with E-state index in [2.05, 4.69) is 42.7 Å². The van der Waals surface area contributed by atoms with Gasteiger partial charge in [0.25, 0.3) is 0 Å². The van der Waals surface area contributed by atoms with E-state index in [9.17, 15) is 19.0 Å². The van der Waals surface area contributed by atoms with Gasteiger partial charge in [-0.25, -0.2) is 4.57 Å². The van der Waals surface area contributed by atoms with Gasteiger partial charge in [0.15, 0.2) is 0 Å². The number of unbranched alkanes of at least 4 members (excludes halogenated alkanes) is 19. The van der Waals surface area contributed by atoms with Crippen LogP contribution < -0.4 is 5.73 Å². The number of allylic oxidation sites excluding steroid dienone is 4. The predicted molar refractivity (Wildman–Crippen MR) is 198 cm³/mol. The topological polar surface area (TPSA) is 155 Å². The van der Waals surface area contributed by atoms with Crippen LogP contribution in [0.25, 0.3) is 0 Å². The molecule has 0 bridgehead atoms. The summed E-state index contributed by atoms with van der Waals surface area (Å²) >= 11 is 0. The second-order valence-electron chi connectivity index (χ2n) is 13.0. The van der Waals surface area contributed by atoms with E-state index < -0.39 is 45.1 Å². The van der Waals surface area contributed by atoms with Crippen LogP contribution >= 0.6 is 7.82 Å². The van der Waals surface area contributed by atoms with Gasteiger partial charge in [-0.3, -0.25) is 18.6 Å². The molecule has 0 saturated carbocycles. The molecule has 0 aromatic carbocycles. The first-order valence-corrected chi connectivity index (χ1v) is 20.9. The number of hydrogen-bond donors (Lipinski definition) is 3. The Hall–Kier alpha value is -1.55. The molecule has 0 rings (SSSR count). The maximum Gasteiger partial charge on any atom is 0.472 e. The molecular formula is C38H72NO9P. The molecule has 0 spiro atoms. The van der Waals surface area contributed by atoms with E-state index in [1.807, 2.05) is 0 Å². The van der Waals surface area contributed by atoms with Crippen LogP contribution in [0.3, 0.4) is 0 Å². The molecule has 11 heteroatoms. The fourth-order valence-electron chi connectivity index (χ4n) is 5.12. The SMILES string of the molecule is CCCCC/C=C\CCCCCCCCOCC(COP(=O)(O)OCC(N)C(=O)O)OC(=O)CCCCCCC/C=C\CCCCCCC. The van der Waals surface area contributed by atoms with Gasteiger partial charge in [-0.15, -0.1) is 0 Å². The lowest BCUT2D eigenvalue weighted by atomic mass is 10.1. The maximum atomic E-state index is 12.6. The molecule has 0 amide bonds. The van der Waals surface area contributed by atoms with Crippen LogP contribution in [0.15, 0.2) is 24.3 Å². The number of aliphatic carboxylic acids is 1. The molecule has 0 heterocycles. The highest BCUT2D eigenvalue weighted by Gasteiger charge is 2.27. The Kier molecular flexibility index (Phi) is 33.8. The van der Waals surface area contributed by atoms with Crippen LogP contribution in [0.4, 0.5) is 0 Å². The van der Waals surface area contributed by atoms with Crippen molar-refractivity contribution in [2.75, 3.05) is 26.4 Å². The monoisotopic (exact) mass is 717 g/mol.